The fourth-order valence-electron chi connectivity index (χ4n) is 1.05. The third-order valence-corrected chi connectivity index (χ3v) is 2.33. The summed E-state index contributed by atoms with van der Waals surface area (Å²) in [4.78, 5) is 10.6. The molecule has 1 atom stereocenters. The summed E-state index contributed by atoms with van der Waals surface area (Å²) in [5, 5.41) is 12.1. The van der Waals surface area contributed by atoms with Gasteiger partial charge in [0.05, 0.1) is 6.21 Å². The maximum atomic E-state index is 10.6. The number of carboxylic acids is 1. The van der Waals surface area contributed by atoms with Crippen LogP contribution < -0.4 is 10.6 Å². The third kappa shape index (κ3) is 3.23. The number of halogens is 1. The maximum Gasteiger partial charge on any atom is 0.344 e. The summed E-state index contributed by atoms with van der Waals surface area (Å²) < 4.78 is 6.08. The molecule has 3 N–H and O–H groups in total. The summed E-state index contributed by atoms with van der Waals surface area (Å²) in [6.07, 6.45) is 0.473. The Morgan fingerprint density at radius 2 is 2.38 bits per heavy atom. The molecule has 1 rings (SSSR count). The van der Waals surface area contributed by atoms with E-state index >= 15 is 0 Å². The second-order valence-electron chi connectivity index (χ2n) is 3.06. The van der Waals surface area contributed by atoms with Crippen molar-refractivity contribution in [3.05, 3.63) is 28.2 Å². The minimum Gasteiger partial charge on any atom is -0.479 e. The number of ether oxygens (including phenoxy) is 1. The number of aliphatic carboxylic acids is 1. The van der Waals surface area contributed by atoms with E-state index in [0.717, 1.165) is 4.47 Å². The Labute approximate surface area is 101 Å². The van der Waals surface area contributed by atoms with Crippen molar-refractivity contribution in [2.24, 2.45) is 10.9 Å². The predicted octanol–water partition coefficient (Wildman–Crippen LogP) is 1.59. The van der Waals surface area contributed by atoms with E-state index in [2.05, 4.69) is 21.0 Å². The van der Waals surface area contributed by atoms with Crippen molar-refractivity contribution in [1.82, 2.24) is 0 Å². The minimum atomic E-state index is -1.03. The monoisotopic (exact) mass is 286 g/mol. The first-order chi connectivity index (χ1) is 7.54. The van der Waals surface area contributed by atoms with E-state index in [1.807, 2.05) is 0 Å². The second-order valence-corrected chi connectivity index (χ2v) is 3.97. The van der Waals surface area contributed by atoms with Gasteiger partial charge in [-0.15, -0.1) is 0 Å². The van der Waals surface area contributed by atoms with Gasteiger partial charge in [0.15, 0.2) is 6.10 Å². The maximum absolute atomic E-state index is 10.6. The summed E-state index contributed by atoms with van der Waals surface area (Å²) >= 11 is 3.29. The number of nitrogens with two attached hydrogens (primary N) is 1. The van der Waals surface area contributed by atoms with Crippen molar-refractivity contribution in [3.63, 3.8) is 0 Å². The summed E-state index contributed by atoms with van der Waals surface area (Å²) in [5.74, 6) is 4.45. The first kappa shape index (κ1) is 12.5. The first-order valence-electron chi connectivity index (χ1n) is 4.47. The molecule has 0 saturated carbocycles. The normalized spacial score (nSPS) is 12.6. The van der Waals surface area contributed by atoms with Crippen LogP contribution >= 0.6 is 15.9 Å². The largest absolute Gasteiger partial charge is 0.479 e. The lowest BCUT2D eigenvalue weighted by atomic mass is 10.2. The van der Waals surface area contributed by atoms with E-state index in [0.29, 0.717) is 11.3 Å². The number of carboxylic acid groups (broad SMARTS) is 1. The van der Waals surface area contributed by atoms with E-state index < -0.39 is 12.1 Å². The first-order valence-corrected chi connectivity index (χ1v) is 5.26. The van der Waals surface area contributed by atoms with E-state index in [-0.39, 0.29) is 0 Å². The van der Waals surface area contributed by atoms with Crippen LogP contribution in [-0.2, 0) is 4.79 Å². The second kappa shape index (κ2) is 5.50. The standard InChI is InChI=1S/C10H11BrN2O3/c1-6(10(14)15)16-9-3-2-8(11)4-7(9)5-13-12/h2-6H,12H2,1H3,(H,14,15). The number of hydrogen-bond acceptors (Lipinski definition) is 4. The number of carbonyl (C=O) groups is 1. The van der Waals surface area contributed by atoms with Gasteiger partial charge in [0.1, 0.15) is 5.75 Å². The molecule has 0 saturated heterocycles. The van der Waals surface area contributed by atoms with Gasteiger partial charge < -0.3 is 15.7 Å². The van der Waals surface area contributed by atoms with Crippen LogP contribution in [0.1, 0.15) is 12.5 Å². The van der Waals surface area contributed by atoms with Crippen LogP contribution in [0.25, 0.3) is 0 Å². The Morgan fingerprint density at radius 3 is 2.94 bits per heavy atom. The van der Waals surface area contributed by atoms with E-state index in [4.69, 9.17) is 15.7 Å². The quantitative estimate of drug-likeness (QED) is 0.500. The van der Waals surface area contributed by atoms with E-state index in [1.165, 1.54) is 13.1 Å². The molecule has 16 heavy (non-hydrogen) atoms. The lowest BCUT2D eigenvalue weighted by Crippen LogP contribution is -2.23. The van der Waals surface area contributed by atoms with Gasteiger partial charge in [-0.1, -0.05) is 15.9 Å². The predicted molar refractivity (Wildman–Crippen MR) is 63.6 cm³/mol. The van der Waals surface area contributed by atoms with Crippen LogP contribution in [0, 0.1) is 0 Å². The Bertz CT molecular complexity index is 421. The van der Waals surface area contributed by atoms with Gasteiger partial charge in [-0.2, -0.15) is 5.10 Å². The molecule has 0 spiro atoms. The molecular weight excluding hydrogens is 276 g/mol. The summed E-state index contributed by atoms with van der Waals surface area (Å²) in [5.41, 5.74) is 0.616. The molecule has 5 nitrogen and oxygen atoms in total. The van der Waals surface area contributed by atoms with E-state index in [1.54, 1.807) is 18.2 Å². The van der Waals surface area contributed by atoms with Crippen molar-refractivity contribution in [3.8, 4) is 5.75 Å². The third-order valence-electron chi connectivity index (χ3n) is 1.84. The van der Waals surface area contributed by atoms with Gasteiger partial charge in [-0.3, -0.25) is 0 Å². The molecule has 0 aliphatic heterocycles. The van der Waals surface area contributed by atoms with E-state index in [9.17, 15) is 4.79 Å². The Kier molecular flexibility index (Phi) is 4.30. The highest BCUT2D eigenvalue weighted by Crippen LogP contribution is 2.22. The highest BCUT2D eigenvalue weighted by molar-refractivity contribution is 9.10. The van der Waals surface area contributed by atoms with Crippen molar-refractivity contribution >= 4 is 28.1 Å². The number of hydrazone groups is 1. The zero-order valence-electron chi connectivity index (χ0n) is 8.55. The zero-order valence-corrected chi connectivity index (χ0v) is 10.1. The van der Waals surface area contributed by atoms with Crippen LogP contribution in [0.5, 0.6) is 5.75 Å². The number of nitrogens with zero attached hydrogens (tertiary/aromatic N) is 1. The van der Waals surface area contributed by atoms with Gasteiger partial charge in [0, 0.05) is 10.0 Å². The molecule has 6 heteroatoms. The highest BCUT2D eigenvalue weighted by atomic mass is 79.9. The van der Waals surface area contributed by atoms with Gasteiger partial charge in [0.2, 0.25) is 0 Å². The average molecular weight is 287 g/mol. The number of hydrogen-bond donors (Lipinski definition) is 2. The minimum absolute atomic E-state index is 0.423. The smallest absolute Gasteiger partial charge is 0.344 e. The number of rotatable bonds is 4. The lowest BCUT2D eigenvalue weighted by molar-refractivity contribution is -0.144. The molecule has 0 aromatic heterocycles. The fraction of sp³-hybridized carbons (Fsp3) is 0.200. The zero-order chi connectivity index (χ0) is 12.1. The molecule has 1 aromatic rings. The molecule has 0 bridgehead atoms. The molecule has 86 valence electrons. The molecule has 1 unspecified atom stereocenters. The summed E-state index contributed by atoms with van der Waals surface area (Å²) in [6.45, 7) is 1.45. The molecule has 0 radical (unpaired) electrons. The molecule has 0 amide bonds. The highest BCUT2D eigenvalue weighted by Gasteiger charge is 2.14. The molecule has 0 fully saturated rings. The van der Waals surface area contributed by atoms with Crippen LogP contribution in [0.4, 0.5) is 0 Å². The SMILES string of the molecule is CC(Oc1ccc(Br)cc1C=NN)C(=O)O. The average Bonchev–Trinajstić information content (AvgIpc) is 2.22. The van der Waals surface area contributed by atoms with Gasteiger partial charge in [-0.05, 0) is 25.1 Å². The van der Waals surface area contributed by atoms with Crippen LogP contribution in [0.3, 0.4) is 0 Å². The molecule has 0 heterocycles. The topological polar surface area (TPSA) is 84.9 Å². The lowest BCUT2D eigenvalue weighted by Gasteiger charge is -2.12. The van der Waals surface area contributed by atoms with Crippen molar-refractivity contribution in [2.75, 3.05) is 0 Å². The van der Waals surface area contributed by atoms with Crippen molar-refractivity contribution in [1.29, 1.82) is 0 Å². The number of benzene rings is 1. The van der Waals surface area contributed by atoms with Crippen LogP contribution in [-0.4, -0.2) is 23.4 Å². The molecule has 1 aromatic carbocycles. The Hall–Kier alpha value is -1.56. The van der Waals surface area contributed by atoms with Gasteiger partial charge in [0.25, 0.3) is 0 Å². The molecular formula is C10H11BrN2O3. The summed E-state index contributed by atoms with van der Waals surface area (Å²) in [6, 6.07) is 5.14. The Morgan fingerprint density at radius 1 is 1.69 bits per heavy atom. The molecule has 0 aliphatic rings. The van der Waals surface area contributed by atoms with Crippen molar-refractivity contribution < 1.29 is 14.6 Å². The van der Waals surface area contributed by atoms with Gasteiger partial charge >= 0.3 is 5.97 Å². The summed E-state index contributed by atoms with van der Waals surface area (Å²) in [7, 11) is 0. The van der Waals surface area contributed by atoms with Crippen molar-refractivity contribution in [2.45, 2.75) is 13.0 Å². The van der Waals surface area contributed by atoms with Crippen LogP contribution in [0.2, 0.25) is 0 Å². The van der Waals surface area contributed by atoms with Crippen LogP contribution in [0.15, 0.2) is 27.8 Å². The fourth-order valence-corrected chi connectivity index (χ4v) is 1.43. The molecule has 0 aliphatic carbocycles. The van der Waals surface area contributed by atoms with Gasteiger partial charge in [-0.25, -0.2) is 4.79 Å². The Balaban J connectivity index is 2.99.